The van der Waals surface area contributed by atoms with Crippen molar-refractivity contribution < 1.29 is 41.9 Å². The summed E-state index contributed by atoms with van der Waals surface area (Å²) in [5.41, 5.74) is -1.98. The van der Waals surface area contributed by atoms with E-state index in [2.05, 4.69) is 5.32 Å². The van der Waals surface area contributed by atoms with Crippen molar-refractivity contribution in [1.29, 1.82) is 0 Å². The molecule has 0 fully saturated rings. The highest BCUT2D eigenvalue weighted by Gasteiger charge is 2.40. The summed E-state index contributed by atoms with van der Waals surface area (Å²) >= 11 is 0. The molecule has 8 nitrogen and oxygen atoms in total. The number of amides is 3. The maximum Gasteiger partial charge on any atom is 0.416 e. The summed E-state index contributed by atoms with van der Waals surface area (Å²) in [5, 5.41) is 2.44. The minimum absolute atomic E-state index is 0.0153. The Morgan fingerprint density at radius 3 is 1.88 bits per heavy atom. The minimum atomic E-state index is -4.62. The molecule has 33 heavy (non-hydrogen) atoms. The van der Waals surface area contributed by atoms with Gasteiger partial charge in [0.15, 0.2) is 6.04 Å². The molecule has 0 saturated heterocycles. The third kappa shape index (κ3) is 5.30. The number of hydrogen-bond donors (Lipinski definition) is 1. The lowest BCUT2D eigenvalue weighted by Crippen LogP contribution is -2.42. The fraction of sp³-hybridized carbons (Fsp3) is 0.273. The van der Waals surface area contributed by atoms with E-state index in [1.54, 1.807) is 20.8 Å². The minimum Gasteiger partial charge on any atom is -0.444 e. The first-order valence-corrected chi connectivity index (χ1v) is 9.64. The highest BCUT2D eigenvalue weighted by molar-refractivity contribution is 6.20. The molecule has 0 radical (unpaired) electrons. The molecule has 11 heteroatoms. The summed E-state index contributed by atoms with van der Waals surface area (Å²) in [6.07, 6.45) is -5.68. The monoisotopic (exact) mass is 464 g/mol. The van der Waals surface area contributed by atoms with E-state index in [4.69, 9.17) is 9.57 Å². The topological polar surface area (TPSA) is 102 Å². The van der Waals surface area contributed by atoms with Crippen LogP contribution >= 0.6 is 0 Å². The largest absolute Gasteiger partial charge is 0.444 e. The van der Waals surface area contributed by atoms with Crippen LogP contribution in [0.2, 0.25) is 0 Å². The molecule has 0 aliphatic carbocycles. The van der Waals surface area contributed by atoms with Crippen LogP contribution in [0.3, 0.4) is 0 Å². The third-order valence-electron chi connectivity index (χ3n) is 4.41. The van der Waals surface area contributed by atoms with Crippen molar-refractivity contribution in [3.63, 3.8) is 0 Å². The van der Waals surface area contributed by atoms with Gasteiger partial charge in [0, 0.05) is 0 Å². The Balaban J connectivity index is 1.87. The molecule has 1 aliphatic rings. The summed E-state index contributed by atoms with van der Waals surface area (Å²) < 4.78 is 43.8. The van der Waals surface area contributed by atoms with E-state index in [1.807, 2.05) is 0 Å². The molecular formula is C22H19F3N2O6. The SMILES string of the molecule is CC(C)(C)OC(=O)NC(C(=O)ON1C(=O)c2ccccc2C1=O)c1ccc(C(F)(F)F)cc1. The zero-order chi connectivity index (χ0) is 24.6. The molecule has 0 aromatic heterocycles. The number of imide groups is 1. The van der Waals surface area contributed by atoms with Gasteiger partial charge in [0.05, 0.1) is 16.7 Å². The van der Waals surface area contributed by atoms with Crippen molar-refractivity contribution in [1.82, 2.24) is 10.4 Å². The number of alkyl halides is 3. The molecule has 2 aromatic rings. The fourth-order valence-electron chi connectivity index (χ4n) is 2.96. The number of alkyl carbamates (subject to hydrolysis) is 1. The molecule has 1 N–H and O–H groups in total. The molecule has 2 aromatic carbocycles. The maximum absolute atomic E-state index is 12.9. The van der Waals surface area contributed by atoms with E-state index in [-0.39, 0.29) is 21.8 Å². The number of nitrogens with one attached hydrogen (secondary N) is 1. The second-order valence-corrected chi connectivity index (χ2v) is 8.06. The van der Waals surface area contributed by atoms with Crippen molar-refractivity contribution in [2.75, 3.05) is 0 Å². The molecule has 1 aliphatic heterocycles. The number of rotatable bonds is 4. The molecular weight excluding hydrogens is 445 g/mol. The zero-order valence-electron chi connectivity index (χ0n) is 17.7. The van der Waals surface area contributed by atoms with E-state index in [9.17, 15) is 32.3 Å². The number of nitrogens with zero attached hydrogens (tertiary/aromatic N) is 1. The van der Waals surface area contributed by atoms with Gasteiger partial charge in [0.1, 0.15) is 5.60 Å². The number of hydrogen-bond acceptors (Lipinski definition) is 6. The van der Waals surface area contributed by atoms with E-state index >= 15 is 0 Å². The molecule has 1 atom stereocenters. The number of halogens is 3. The van der Waals surface area contributed by atoms with Gasteiger partial charge in [-0.2, -0.15) is 13.2 Å². The number of fused-ring (bicyclic) bond motifs is 1. The molecule has 3 amide bonds. The predicted octanol–water partition coefficient (Wildman–Crippen LogP) is 4.03. The van der Waals surface area contributed by atoms with Gasteiger partial charge in [-0.3, -0.25) is 9.59 Å². The average molecular weight is 464 g/mol. The Kier molecular flexibility index (Phi) is 6.17. The van der Waals surface area contributed by atoms with Crippen molar-refractivity contribution in [2.24, 2.45) is 0 Å². The van der Waals surface area contributed by atoms with Crippen LogP contribution in [0.4, 0.5) is 18.0 Å². The van der Waals surface area contributed by atoms with Gasteiger partial charge in [0.2, 0.25) is 0 Å². The first-order chi connectivity index (χ1) is 15.3. The quantitative estimate of drug-likeness (QED) is 0.686. The summed E-state index contributed by atoms with van der Waals surface area (Å²) in [6, 6.07) is 7.47. The standard InChI is InChI=1S/C22H19F3N2O6/c1-21(2,3)32-20(31)26-16(12-8-10-13(11-9-12)22(23,24)25)19(30)33-27-17(28)14-6-4-5-7-15(14)18(27)29/h4-11,16H,1-3H3,(H,26,31). The molecule has 0 bridgehead atoms. The van der Waals surface area contributed by atoms with Gasteiger partial charge in [-0.05, 0) is 50.6 Å². The molecule has 1 unspecified atom stereocenters. The van der Waals surface area contributed by atoms with Crippen molar-refractivity contribution >= 4 is 23.9 Å². The smallest absolute Gasteiger partial charge is 0.416 e. The van der Waals surface area contributed by atoms with Gasteiger partial charge in [0.25, 0.3) is 11.8 Å². The Bertz CT molecular complexity index is 1070. The van der Waals surface area contributed by atoms with Crippen molar-refractivity contribution in [2.45, 2.75) is 38.6 Å². The normalized spacial score (nSPS) is 14.5. The number of carbonyl (C=O) groups is 4. The van der Waals surface area contributed by atoms with Gasteiger partial charge < -0.3 is 14.9 Å². The van der Waals surface area contributed by atoms with E-state index in [0.717, 1.165) is 12.1 Å². The Labute approximate surface area is 186 Å². The Morgan fingerprint density at radius 1 is 0.909 bits per heavy atom. The summed E-state index contributed by atoms with van der Waals surface area (Å²) in [4.78, 5) is 55.0. The van der Waals surface area contributed by atoms with E-state index in [1.165, 1.54) is 24.3 Å². The number of hydroxylamine groups is 2. The lowest BCUT2D eigenvalue weighted by molar-refractivity contribution is -0.171. The second kappa shape index (κ2) is 8.57. The average Bonchev–Trinajstić information content (AvgIpc) is 2.95. The van der Waals surface area contributed by atoms with Crippen molar-refractivity contribution in [3.05, 3.63) is 70.8 Å². The number of benzene rings is 2. The second-order valence-electron chi connectivity index (χ2n) is 8.06. The van der Waals surface area contributed by atoms with E-state index in [0.29, 0.717) is 12.1 Å². The number of ether oxygens (including phenoxy) is 1. The highest BCUT2D eigenvalue weighted by Crippen LogP contribution is 2.31. The van der Waals surface area contributed by atoms with Crippen LogP contribution in [0.5, 0.6) is 0 Å². The summed E-state index contributed by atoms with van der Waals surface area (Å²) in [7, 11) is 0. The molecule has 1 heterocycles. The maximum atomic E-state index is 12.9. The molecule has 0 spiro atoms. The van der Waals surface area contributed by atoms with E-state index < -0.39 is 47.3 Å². The van der Waals surface area contributed by atoms with Crippen LogP contribution in [-0.4, -0.2) is 34.5 Å². The van der Waals surface area contributed by atoms with Gasteiger partial charge in [-0.25, -0.2) is 9.59 Å². The predicted molar refractivity (Wildman–Crippen MR) is 107 cm³/mol. The number of carbonyl (C=O) groups excluding carboxylic acids is 4. The molecule has 174 valence electrons. The third-order valence-corrected chi connectivity index (χ3v) is 4.41. The Morgan fingerprint density at radius 2 is 1.42 bits per heavy atom. The van der Waals surface area contributed by atoms with Gasteiger partial charge in [-0.1, -0.05) is 29.3 Å². The van der Waals surface area contributed by atoms with Crippen LogP contribution in [0.1, 0.15) is 58.7 Å². The summed E-state index contributed by atoms with van der Waals surface area (Å²) in [6.45, 7) is 4.70. The van der Waals surface area contributed by atoms with Crippen LogP contribution in [0.25, 0.3) is 0 Å². The van der Waals surface area contributed by atoms with Gasteiger partial charge in [-0.15, -0.1) is 0 Å². The van der Waals surface area contributed by atoms with Crippen LogP contribution in [-0.2, 0) is 20.5 Å². The first kappa shape index (κ1) is 23.8. The fourth-order valence-corrected chi connectivity index (χ4v) is 2.96. The Hall–Kier alpha value is -3.89. The summed E-state index contributed by atoms with van der Waals surface area (Å²) in [5.74, 6) is -3.07. The molecule has 0 saturated carbocycles. The van der Waals surface area contributed by atoms with Gasteiger partial charge >= 0.3 is 18.2 Å². The van der Waals surface area contributed by atoms with Crippen LogP contribution < -0.4 is 5.32 Å². The van der Waals surface area contributed by atoms with Crippen molar-refractivity contribution in [3.8, 4) is 0 Å². The molecule has 3 rings (SSSR count). The first-order valence-electron chi connectivity index (χ1n) is 9.64. The lowest BCUT2D eigenvalue weighted by Gasteiger charge is -2.24. The van der Waals surface area contributed by atoms with Crippen LogP contribution in [0.15, 0.2) is 48.5 Å². The zero-order valence-corrected chi connectivity index (χ0v) is 17.7. The lowest BCUT2D eigenvalue weighted by atomic mass is 10.0. The highest BCUT2D eigenvalue weighted by atomic mass is 19.4. The van der Waals surface area contributed by atoms with Crippen LogP contribution in [0, 0.1) is 0 Å².